The number of anilines is 2. The van der Waals surface area contributed by atoms with Gasteiger partial charge in [0, 0.05) is 49.1 Å². The molecule has 0 bridgehead atoms. The van der Waals surface area contributed by atoms with Crippen LogP contribution in [0.4, 0.5) is 15.9 Å². The first kappa shape index (κ1) is 46.7. The molecule has 352 valence electrons. The van der Waals surface area contributed by atoms with Crippen LogP contribution in [0.2, 0.25) is 0 Å². The molecule has 3 aliphatic heterocycles. The van der Waals surface area contributed by atoms with Gasteiger partial charge in [-0.25, -0.2) is 19.2 Å². The molecule has 0 saturated carbocycles. The quantitative estimate of drug-likeness (QED) is 0.0541. The molecule has 68 heavy (non-hydrogen) atoms. The van der Waals surface area contributed by atoms with Gasteiger partial charge in [0.15, 0.2) is 18.1 Å². The number of halogens is 1. The highest BCUT2D eigenvalue weighted by Gasteiger charge is 2.44. The van der Waals surface area contributed by atoms with Gasteiger partial charge in [-0.1, -0.05) is 43.2 Å². The minimum Gasteiger partial charge on any atom is -0.484 e. The number of amides is 6. The van der Waals surface area contributed by atoms with Gasteiger partial charge >= 0.3 is 5.97 Å². The van der Waals surface area contributed by atoms with Crippen LogP contribution in [0.15, 0.2) is 91.4 Å². The van der Waals surface area contributed by atoms with E-state index in [9.17, 15) is 38.0 Å². The average molecular weight is 929 g/mol. The van der Waals surface area contributed by atoms with E-state index >= 15 is 0 Å². The molecule has 2 atom stereocenters. The minimum absolute atomic E-state index is 0.0250. The zero-order valence-electron chi connectivity index (χ0n) is 36.9. The average Bonchev–Trinajstić information content (AvgIpc) is 3.93. The number of ether oxygens (including phenoxy) is 2. The van der Waals surface area contributed by atoms with Crippen LogP contribution in [0.3, 0.4) is 0 Å². The van der Waals surface area contributed by atoms with E-state index in [0.717, 1.165) is 63.1 Å². The van der Waals surface area contributed by atoms with Crippen molar-refractivity contribution >= 4 is 52.9 Å². The lowest BCUT2D eigenvalue weighted by Gasteiger charge is -2.32. The second-order valence-electron chi connectivity index (χ2n) is 16.7. The van der Waals surface area contributed by atoms with E-state index in [2.05, 4.69) is 35.9 Å². The highest BCUT2D eigenvalue weighted by atomic mass is 19.1. The molecular weight excluding hydrogens is 880 g/mol. The Morgan fingerprint density at radius 2 is 1.63 bits per heavy atom. The van der Waals surface area contributed by atoms with Gasteiger partial charge in [0.05, 0.1) is 35.3 Å². The molecule has 6 amide bonds. The van der Waals surface area contributed by atoms with E-state index in [0.29, 0.717) is 29.1 Å². The number of hydrogen-bond acceptors (Lipinski definition) is 14. The first-order valence-corrected chi connectivity index (χ1v) is 22.4. The third kappa shape index (κ3) is 11.0. The maximum Gasteiger partial charge on any atom is 0.361 e. The number of esters is 1. The van der Waals surface area contributed by atoms with Crippen LogP contribution in [0.1, 0.15) is 100 Å². The molecule has 0 aliphatic carbocycles. The summed E-state index contributed by atoms with van der Waals surface area (Å²) in [6, 6.07) is 17.1. The Morgan fingerprint density at radius 1 is 0.882 bits per heavy atom. The Bertz CT molecular complexity index is 2710. The third-order valence-corrected chi connectivity index (χ3v) is 12.0. The van der Waals surface area contributed by atoms with E-state index in [1.807, 2.05) is 10.9 Å². The number of carbonyl (C=O) groups is 7. The standard InChI is InChI=1S/C48H49FN10O9/c49-31-10-12-32(13-11-31)54-45(63)42(29-8-4-3-5-9-29)68-48(66)41-43(50)52-26-37(55-41)30-25-53-58(27-30)33-18-22-57(23-19-33)21-7-2-1-6-20-51-40(61)28-67-34-14-15-35-36(24-34)47(65)59(46(35)64)38-16-17-39(60)56-44(38)62/h3-5,8-15,24-27,33,38,42H,1-2,6-7,16-23,28H2,(H2,50,52)(H,51,61)(H,54,63)(H,56,60,62)/t38?,42-/m1/s1. The first-order valence-electron chi connectivity index (χ1n) is 22.4. The largest absolute Gasteiger partial charge is 0.484 e. The summed E-state index contributed by atoms with van der Waals surface area (Å²) in [5.41, 5.74) is 7.74. The summed E-state index contributed by atoms with van der Waals surface area (Å²) in [7, 11) is 0. The molecule has 5 aromatic rings. The second kappa shape index (κ2) is 21.2. The fraction of sp³-hybridized carbons (Fsp3) is 0.333. The number of imide groups is 2. The monoisotopic (exact) mass is 928 g/mol. The smallest absolute Gasteiger partial charge is 0.361 e. The van der Waals surface area contributed by atoms with Crippen LogP contribution < -0.4 is 26.4 Å². The predicted molar refractivity (Wildman–Crippen MR) is 242 cm³/mol. The third-order valence-electron chi connectivity index (χ3n) is 12.0. The van der Waals surface area contributed by atoms with Crippen molar-refractivity contribution in [3.63, 3.8) is 0 Å². The number of nitrogen functional groups attached to an aromatic ring is 1. The molecular formula is C48H49FN10O9. The molecule has 0 spiro atoms. The van der Waals surface area contributed by atoms with Crippen LogP contribution >= 0.6 is 0 Å². The number of unbranched alkanes of at least 4 members (excludes halogenated alkanes) is 3. The van der Waals surface area contributed by atoms with Crippen molar-refractivity contribution in [3.05, 3.63) is 120 Å². The Balaban J connectivity index is 0.733. The van der Waals surface area contributed by atoms with Gasteiger partial charge in [-0.05, 0) is 81.1 Å². The fourth-order valence-corrected chi connectivity index (χ4v) is 8.35. The zero-order valence-corrected chi connectivity index (χ0v) is 36.9. The summed E-state index contributed by atoms with van der Waals surface area (Å²) in [6.45, 7) is 2.96. The summed E-state index contributed by atoms with van der Waals surface area (Å²) in [4.78, 5) is 101. The second-order valence-corrected chi connectivity index (χ2v) is 16.7. The lowest BCUT2D eigenvalue weighted by atomic mass is 10.0. The number of hydrogen-bond donors (Lipinski definition) is 4. The Labute approximate surface area is 389 Å². The first-order chi connectivity index (χ1) is 32.9. The molecule has 3 aliphatic rings. The van der Waals surface area contributed by atoms with Crippen LogP contribution in [0.25, 0.3) is 11.3 Å². The molecule has 1 unspecified atom stereocenters. The predicted octanol–water partition coefficient (Wildman–Crippen LogP) is 4.39. The molecule has 2 fully saturated rings. The maximum absolute atomic E-state index is 13.5. The summed E-state index contributed by atoms with van der Waals surface area (Å²) < 4.78 is 26.7. The Kier molecular flexibility index (Phi) is 14.5. The maximum atomic E-state index is 13.5. The van der Waals surface area contributed by atoms with Gasteiger partial charge in [0.2, 0.25) is 17.9 Å². The summed E-state index contributed by atoms with van der Waals surface area (Å²) in [5, 5.41) is 12.3. The molecule has 2 saturated heterocycles. The van der Waals surface area contributed by atoms with Gasteiger partial charge in [-0.15, -0.1) is 0 Å². The zero-order chi connectivity index (χ0) is 47.7. The summed E-state index contributed by atoms with van der Waals surface area (Å²) in [6.07, 6.45) is 9.21. The molecule has 3 aromatic carbocycles. The lowest BCUT2D eigenvalue weighted by Crippen LogP contribution is -2.54. The van der Waals surface area contributed by atoms with Gasteiger partial charge < -0.3 is 30.7 Å². The highest BCUT2D eigenvalue weighted by Crippen LogP contribution is 2.31. The molecule has 8 rings (SSSR count). The van der Waals surface area contributed by atoms with Crippen molar-refractivity contribution in [2.24, 2.45) is 0 Å². The van der Waals surface area contributed by atoms with E-state index in [4.69, 9.17) is 15.2 Å². The van der Waals surface area contributed by atoms with Crippen molar-refractivity contribution in [1.82, 2.24) is 40.2 Å². The van der Waals surface area contributed by atoms with Crippen LogP contribution in [-0.4, -0.2) is 110 Å². The number of nitrogens with two attached hydrogens (primary N) is 1. The number of benzene rings is 3. The molecule has 19 nitrogen and oxygen atoms in total. The summed E-state index contributed by atoms with van der Waals surface area (Å²) >= 11 is 0. The van der Waals surface area contributed by atoms with Gasteiger partial charge in [-0.3, -0.25) is 43.7 Å². The van der Waals surface area contributed by atoms with Crippen molar-refractivity contribution in [2.75, 3.05) is 43.8 Å². The SMILES string of the molecule is Nc1ncc(-c2cnn(C3CCN(CCCCCCNC(=O)COc4ccc5c(c4)C(=O)N(C4CCC(=O)NC4=O)C5=O)CC3)c2)nc1C(=O)O[C@@H](C(=O)Nc1ccc(F)cc1)c1ccccc1. The van der Waals surface area contributed by atoms with E-state index in [-0.39, 0.29) is 59.8 Å². The molecule has 0 radical (unpaired) electrons. The number of rotatable bonds is 18. The number of likely N-dealkylation sites (tertiary alicyclic amines) is 1. The summed E-state index contributed by atoms with van der Waals surface area (Å²) in [5.74, 6) is -4.74. The number of carbonyl (C=O) groups excluding carboxylic acids is 7. The number of fused-ring (bicyclic) bond motifs is 1. The van der Waals surface area contributed by atoms with Crippen LogP contribution in [0, 0.1) is 5.82 Å². The van der Waals surface area contributed by atoms with Crippen molar-refractivity contribution in [3.8, 4) is 17.0 Å². The molecule has 5 N–H and O–H groups in total. The number of nitrogens with zero attached hydrogens (tertiary/aromatic N) is 6. The van der Waals surface area contributed by atoms with Crippen molar-refractivity contribution < 1.29 is 47.4 Å². The lowest BCUT2D eigenvalue weighted by molar-refractivity contribution is -0.136. The van der Waals surface area contributed by atoms with Gasteiger partial charge in [-0.2, -0.15) is 5.10 Å². The number of aromatic nitrogens is 4. The van der Waals surface area contributed by atoms with Crippen LogP contribution in [0.5, 0.6) is 5.75 Å². The topological polar surface area (TPSA) is 250 Å². The fourth-order valence-electron chi connectivity index (χ4n) is 8.35. The van der Waals surface area contributed by atoms with E-state index in [1.54, 1.807) is 36.5 Å². The van der Waals surface area contributed by atoms with Gasteiger partial charge in [0.25, 0.3) is 23.6 Å². The van der Waals surface area contributed by atoms with Crippen molar-refractivity contribution in [2.45, 2.75) is 69.6 Å². The normalized spacial score (nSPS) is 16.8. The van der Waals surface area contributed by atoms with Crippen molar-refractivity contribution in [1.29, 1.82) is 0 Å². The molecule has 2 aromatic heterocycles. The molecule has 5 heterocycles. The molecule has 20 heteroatoms. The minimum atomic E-state index is -1.37. The van der Waals surface area contributed by atoms with E-state index in [1.165, 1.54) is 48.7 Å². The Hall–Kier alpha value is -7.87. The van der Waals surface area contributed by atoms with E-state index < -0.39 is 53.5 Å². The van der Waals surface area contributed by atoms with Gasteiger partial charge in [0.1, 0.15) is 17.6 Å². The Morgan fingerprint density at radius 3 is 2.40 bits per heavy atom. The number of nitrogens with one attached hydrogen (secondary N) is 3. The number of piperidine rings is 2. The highest BCUT2D eigenvalue weighted by molar-refractivity contribution is 6.23. The van der Waals surface area contributed by atoms with Crippen LogP contribution in [-0.2, 0) is 23.9 Å².